The van der Waals surface area contributed by atoms with Crippen molar-refractivity contribution in [2.45, 2.75) is 0 Å². The average molecular weight is 316 g/mol. The predicted octanol–water partition coefficient (Wildman–Crippen LogP) is 5.86. The van der Waals surface area contributed by atoms with Gasteiger partial charge in [0, 0.05) is 23.4 Å². The second-order valence-corrected chi connectivity index (χ2v) is 5.04. The van der Waals surface area contributed by atoms with Crippen LogP contribution in [0.4, 0.5) is 14.5 Å². The minimum atomic E-state index is -0.599. The number of nitrogens with one attached hydrogen (secondary N) is 1. The van der Waals surface area contributed by atoms with E-state index in [1.54, 1.807) is 12.1 Å². The van der Waals surface area contributed by atoms with Gasteiger partial charge in [0.05, 0.1) is 5.69 Å². The van der Waals surface area contributed by atoms with E-state index in [1.165, 1.54) is 0 Å². The van der Waals surface area contributed by atoms with Gasteiger partial charge in [0.25, 0.3) is 0 Å². The lowest BCUT2D eigenvalue weighted by Crippen LogP contribution is -1.92. The summed E-state index contributed by atoms with van der Waals surface area (Å²) in [5.41, 5.74) is 2.82. The summed E-state index contributed by atoms with van der Waals surface area (Å²) in [6.07, 6.45) is 0. The Hall–Kier alpha value is -2.39. The maximum Gasteiger partial charge on any atom is 0.148 e. The highest BCUT2D eigenvalue weighted by molar-refractivity contribution is 6.24. The number of hydrogen-bond acceptors (Lipinski definition) is 1. The summed E-state index contributed by atoms with van der Waals surface area (Å²) in [7, 11) is 0. The fourth-order valence-electron chi connectivity index (χ4n) is 2.31. The summed E-state index contributed by atoms with van der Waals surface area (Å²) in [5.74, 6) is -1.13. The van der Waals surface area contributed by atoms with Crippen molar-refractivity contribution in [2.24, 2.45) is 0 Å². The molecule has 1 nitrogen and oxygen atoms in total. The van der Waals surface area contributed by atoms with E-state index in [1.807, 2.05) is 42.5 Å². The minimum absolute atomic E-state index is 0.0798. The van der Waals surface area contributed by atoms with Gasteiger partial charge in [0.15, 0.2) is 0 Å². The smallest absolute Gasteiger partial charge is 0.148 e. The molecule has 0 atom stereocenters. The summed E-state index contributed by atoms with van der Waals surface area (Å²) in [5, 5.41) is 0. The van der Waals surface area contributed by atoms with Crippen LogP contribution in [-0.2, 0) is 0 Å². The van der Waals surface area contributed by atoms with E-state index >= 15 is 0 Å². The Bertz CT molecular complexity index is 786. The van der Waals surface area contributed by atoms with Gasteiger partial charge in [0.1, 0.15) is 11.6 Å². The van der Waals surface area contributed by atoms with Gasteiger partial charge in [-0.1, -0.05) is 54.6 Å². The number of rotatable bonds is 3. The largest absolute Gasteiger partial charge is 0.295 e. The molecule has 0 aliphatic rings. The molecule has 110 valence electrons. The van der Waals surface area contributed by atoms with Crippen molar-refractivity contribution in [2.75, 3.05) is 4.84 Å². The Morgan fingerprint density at radius 1 is 0.682 bits per heavy atom. The third-order valence-electron chi connectivity index (χ3n) is 3.46. The predicted molar refractivity (Wildman–Crippen MR) is 86.7 cm³/mol. The van der Waals surface area contributed by atoms with Crippen LogP contribution in [0.2, 0.25) is 0 Å². The Balaban J connectivity index is 1.98. The second-order valence-electron chi connectivity index (χ2n) is 4.85. The summed E-state index contributed by atoms with van der Waals surface area (Å²) in [6.45, 7) is 0. The fraction of sp³-hybridized carbons (Fsp3) is 0. The van der Waals surface area contributed by atoms with E-state index in [-0.39, 0.29) is 11.3 Å². The zero-order chi connectivity index (χ0) is 15.5. The molecule has 0 heterocycles. The van der Waals surface area contributed by atoms with Crippen LogP contribution < -0.4 is 4.84 Å². The van der Waals surface area contributed by atoms with E-state index in [2.05, 4.69) is 4.84 Å². The highest BCUT2D eigenvalue weighted by Crippen LogP contribution is 2.30. The quantitative estimate of drug-likeness (QED) is 0.596. The van der Waals surface area contributed by atoms with Crippen LogP contribution in [0.1, 0.15) is 0 Å². The molecule has 3 aromatic rings. The molecule has 0 unspecified atom stereocenters. The van der Waals surface area contributed by atoms with Crippen LogP contribution in [0.3, 0.4) is 0 Å². The zero-order valence-corrected chi connectivity index (χ0v) is 12.2. The van der Waals surface area contributed by atoms with Crippen LogP contribution in [0, 0.1) is 11.6 Å². The molecular weight excluding hydrogens is 304 g/mol. The fourth-order valence-corrected chi connectivity index (χ4v) is 2.46. The van der Waals surface area contributed by atoms with E-state index in [9.17, 15) is 8.78 Å². The first kappa shape index (κ1) is 14.5. The Morgan fingerprint density at radius 3 is 1.91 bits per heavy atom. The normalized spacial score (nSPS) is 10.5. The molecule has 3 rings (SSSR count). The molecule has 0 aromatic heterocycles. The van der Waals surface area contributed by atoms with Crippen LogP contribution in [0.5, 0.6) is 0 Å². The molecule has 1 N–H and O–H groups in total. The highest BCUT2D eigenvalue weighted by Gasteiger charge is 2.11. The van der Waals surface area contributed by atoms with Crippen LogP contribution in [0.15, 0.2) is 66.7 Å². The molecule has 4 heteroatoms. The molecule has 0 bridgehead atoms. The first-order valence-corrected chi connectivity index (χ1v) is 7.08. The second kappa shape index (κ2) is 6.16. The van der Waals surface area contributed by atoms with E-state index in [0.717, 1.165) is 23.3 Å². The molecule has 0 radical (unpaired) electrons. The first-order chi connectivity index (χ1) is 10.7. The van der Waals surface area contributed by atoms with Crippen molar-refractivity contribution in [3.05, 3.63) is 78.4 Å². The van der Waals surface area contributed by atoms with Gasteiger partial charge in [-0.15, -0.1) is 0 Å². The lowest BCUT2D eigenvalue weighted by molar-refractivity contribution is 0.607. The molecule has 0 aliphatic heterocycles. The molecule has 0 saturated heterocycles. The number of halogens is 3. The summed E-state index contributed by atoms with van der Waals surface area (Å²) < 4.78 is 27.8. The Labute approximate surface area is 132 Å². The van der Waals surface area contributed by atoms with Gasteiger partial charge >= 0.3 is 0 Å². The molecule has 0 fully saturated rings. The maximum absolute atomic E-state index is 14.1. The van der Waals surface area contributed by atoms with Crippen molar-refractivity contribution < 1.29 is 8.78 Å². The Morgan fingerprint density at radius 2 is 1.27 bits per heavy atom. The molecule has 3 aromatic carbocycles. The lowest BCUT2D eigenvalue weighted by Gasteiger charge is -2.08. The van der Waals surface area contributed by atoms with Gasteiger partial charge in [-0.2, -0.15) is 0 Å². The topological polar surface area (TPSA) is 12.0 Å². The standard InChI is InChI=1S/C18H12ClF2N/c19-22-18-11-16(20)15(10-17(18)21)14-8-6-13(7-9-14)12-4-2-1-3-5-12/h1-11,22H. The van der Waals surface area contributed by atoms with Gasteiger partial charge in [-0.05, 0) is 22.8 Å². The van der Waals surface area contributed by atoms with Crippen molar-refractivity contribution in [3.63, 3.8) is 0 Å². The zero-order valence-electron chi connectivity index (χ0n) is 11.5. The molecule has 0 saturated carbocycles. The molecule has 0 aliphatic carbocycles. The van der Waals surface area contributed by atoms with Crippen molar-refractivity contribution in [1.29, 1.82) is 0 Å². The van der Waals surface area contributed by atoms with Gasteiger partial charge < -0.3 is 0 Å². The van der Waals surface area contributed by atoms with Crippen molar-refractivity contribution >= 4 is 17.5 Å². The van der Waals surface area contributed by atoms with Crippen LogP contribution in [-0.4, -0.2) is 0 Å². The van der Waals surface area contributed by atoms with Gasteiger partial charge in [0.2, 0.25) is 0 Å². The van der Waals surface area contributed by atoms with Crippen molar-refractivity contribution in [3.8, 4) is 22.3 Å². The molecule has 0 spiro atoms. The molecule has 22 heavy (non-hydrogen) atoms. The number of anilines is 1. The van der Waals surface area contributed by atoms with Crippen LogP contribution in [0.25, 0.3) is 22.3 Å². The number of hydrogen-bond donors (Lipinski definition) is 1. The SMILES string of the molecule is Fc1cc(-c2ccc(-c3ccccc3)cc2)c(F)cc1NCl. The third-order valence-corrected chi connectivity index (χ3v) is 3.67. The maximum atomic E-state index is 14.1. The lowest BCUT2D eigenvalue weighted by atomic mass is 10.00. The van der Waals surface area contributed by atoms with Crippen LogP contribution >= 0.6 is 11.8 Å². The van der Waals surface area contributed by atoms with Gasteiger partial charge in [-0.25, -0.2) is 8.78 Å². The molecule has 0 amide bonds. The highest BCUT2D eigenvalue weighted by atomic mass is 35.5. The van der Waals surface area contributed by atoms with E-state index in [0.29, 0.717) is 5.56 Å². The Kier molecular flexibility index (Phi) is 4.07. The average Bonchev–Trinajstić information content (AvgIpc) is 2.57. The third kappa shape index (κ3) is 2.81. The van der Waals surface area contributed by atoms with Crippen molar-refractivity contribution in [1.82, 2.24) is 0 Å². The monoisotopic (exact) mass is 315 g/mol. The number of benzene rings is 3. The minimum Gasteiger partial charge on any atom is -0.295 e. The summed E-state index contributed by atoms with van der Waals surface area (Å²) in [4.78, 5) is 2.10. The van der Waals surface area contributed by atoms with E-state index < -0.39 is 11.6 Å². The first-order valence-electron chi connectivity index (χ1n) is 6.70. The summed E-state index contributed by atoms with van der Waals surface area (Å²) >= 11 is 5.33. The van der Waals surface area contributed by atoms with E-state index in [4.69, 9.17) is 11.8 Å². The summed E-state index contributed by atoms with van der Waals surface area (Å²) in [6, 6.07) is 19.3. The molecular formula is C18H12ClF2N. The van der Waals surface area contributed by atoms with Gasteiger partial charge in [-0.3, -0.25) is 4.84 Å².